The van der Waals surface area contributed by atoms with Crippen LogP contribution in [-0.2, 0) is 6.54 Å². The molecule has 1 aliphatic rings. The third-order valence-corrected chi connectivity index (χ3v) is 5.35. The molecule has 1 aliphatic heterocycles. The van der Waals surface area contributed by atoms with Crippen molar-refractivity contribution in [3.05, 3.63) is 71.3 Å². The van der Waals surface area contributed by atoms with Gasteiger partial charge in [0.2, 0.25) is 0 Å². The van der Waals surface area contributed by atoms with Crippen molar-refractivity contribution in [3.8, 4) is 0 Å². The maximum atomic E-state index is 14.8. The van der Waals surface area contributed by atoms with E-state index in [9.17, 15) is 18.0 Å². The summed E-state index contributed by atoms with van der Waals surface area (Å²) in [5.74, 6) is -0.714. The maximum absolute atomic E-state index is 14.8. The normalized spacial score (nSPS) is 20.9. The fourth-order valence-electron chi connectivity index (χ4n) is 3.62. The number of urea groups is 1. The predicted octanol–water partition coefficient (Wildman–Crippen LogP) is 4.28. The van der Waals surface area contributed by atoms with Crippen LogP contribution in [-0.4, -0.2) is 48.2 Å². The summed E-state index contributed by atoms with van der Waals surface area (Å²) < 4.78 is 41.2. The lowest BCUT2D eigenvalue weighted by Gasteiger charge is -2.40. The van der Waals surface area contributed by atoms with Crippen molar-refractivity contribution in [2.45, 2.75) is 38.1 Å². The van der Waals surface area contributed by atoms with Gasteiger partial charge in [0.25, 0.3) is 0 Å². The number of piperidine rings is 1. The predicted molar refractivity (Wildman–Crippen MR) is 106 cm³/mol. The zero-order chi connectivity index (χ0) is 21.0. The number of carbonyl (C=O) groups is 1. The average Bonchev–Trinajstić information content (AvgIpc) is 2.68. The van der Waals surface area contributed by atoms with Crippen molar-refractivity contribution in [1.29, 1.82) is 0 Å². The highest BCUT2D eigenvalue weighted by Gasteiger charge is 2.35. The highest BCUT2D eigenvalue weighted by Crippen LogP contribution is 2.23. The highest BCUT2D eigenvalue weighted by atomic mass is 19.1. The molecule has 4 nitrogen and oxygen atoms in total. The second-order valence-electron chi connectivity index (χ2n) is 7.61. The standard InChI is InChI=1S/C22H26F3N3O/c1-15(17-5-9-19(24)10-6-17)26-22(29)28(13-16-3-7-18(23)8-4-16)21-11-12-27(2)14-20(21)25/h3-10,15,20-21H,11-14H2,1-2H3,(H,26,29)/t15-,20-,21+/m1/s1. The number of nitrogens with zero attached hydrogens (tertiary/aromatic N) is 2. The summed E-state index contributed by atoms with van der Waals surface area (Å²) in [5, 5.41) is 2.89. The maximum Gasteiger partial charge on any atom is 0.318 e. The van der Waals surface area contributed by atoms with E-state index in [1.165, 1.54) is 29.2 Å². The summed E-state index contributed by atoms with van der Waals surface area (Å²) in [6.07, 6.45) is -0.668. The lowest BCUT2D eigenvalue weighted by molar-refractivity contribution is 0.0565. The zero-order valence-corrected chi connectivity index (χ0v) is 16.6. The molecule has 0 bridgehead atoms. The summed E-state index contributed by atoms with van der Waals surface area (Å²) in [6, 6.07) is 10.4. The molecule has 0 aromatic heterocycles. The van der Waals surface area contributed by atoms with Gasteiger partial charge in [0.15, 0.2) is 0 Å². The van der Waals surface area contributed by atoms with Crippen LogP contribution in [0.25, 0.3) is 0 Å². The lowest BCUT2D eigenvalue weighted by Crippen LogP contribution is -2.55. The Bertz CT molecular complexity index is 813. The molecule has 3 atom stereocenters. The van der Waals surface area contributed by atoms with Gasteiger partial charge in [-0.3, -0.25) is 0 Å². The van der Waals surface area contributed by atoms with Gasteiger partial charge in [0.1, 0.15) is 17.8 Å². The SMILES string of the molecule is C[C@@H](NC(=O)N(Cc1ccc(F)cc1)[C@H]1CCN(C)C[C@H]1F)c1ccc(F)cc1. The first-order chi connectivity index (χ1) is 13.8. The van der Waals surface area contributed by atoms with Crippen LogP contribution in [0.5, 0.6) is 0 Å². The quantitative estimate of drug-likeness (QED) is 0.806. The average molecular weight is 405 g/mol. The van der Waals surface area contributed by atoms with Gasteiger partial charge in [-0.05, 0) is 55.8 Å². The molecule has 7 heteroatoms. The number of rotatable bonds is 5. The molecule has 1 N–H and O–H groups in total. The molecule has 3 rings (SSSR count). The first kappa shape index (κ1) is 21.2. The number of benzene rings is 2. The number of halogens is 3. The largest absolute Gasteiger partial charge is 0.331 e. The van der Waals surface area contributed by atoms with Gasteiger partial charge in [-0.25, -0.2) is 18.0 Å². The van der Waals surface area contributed by atoms with Crippen molar-refractivity contribution in [3.63, 3.8) is 0 Å². The number of amides is 2. The van der Waals surface area contributed by atoms with Crippen LogP contribution < -0.4 is 5.32 Å². The van der Waals surface area contributed by atoms with Crippen LogP contribution in [0, 0.1) is 11.6 Å². The molecule has 2 aromatic rings. The van der Waals surface area contributed by atoms with E-state index in [0.717, 1.165) is 11.1 Å². The molecule has 0 aliphatic carbocycles. The molecule has 29 heavy (non-hydrogen) atoms. The van der Waals surface area contributed by atoms with Crippen LogP contribution in [0.4, 0.5) is 18.0 Å². The molecule has 0 radical (unpaired) electrons. The van der Waals surface area contributed by atoms with Gasteiger partial charge in [-0.15, -0.1) is 0 Å². The summed E-state index contributed by atoms with van der Waals surface area (Å²) in [4.78, 5) is 16.5. The Morgan fingerprint density at radius 2 is 1.72 bits per heavy atom. The smallest absolute Gasteiger partial charge is 0.318 e. The Kier molecular flexibility index (Phi) is 6.79. The van der Waals surface area contributed by atoms with Gasteiger partial charge in [0, 0.05) is 19.6 Å². The monoisotopic (exact) mass is 405 g/mol. The molecular formula is C22H26F3N3O. The van der Waals surface area contributed by atoms with Crippen molar-refractivity contribution >= 4 is 6.03 Å². The first-order valence-corrected chi connectivity index (χ1v) is 9.73. The Balaban J connectivity index is 1.78. The second kappa shape index (κ2) is 9.31. The number of alkyl halides is 1. The van der Waals surface area contributed by atoms with Crippen LogP contribution >= 0.6 is 0 Å². The summed E-state index contributed by atoms with van der Waals surface area (Å²) in [7, 11) is 1.85. The van der Waals surface area contributed by atoms with E-state index < -0.39 is 18.2 Å². The van der Waals surface area contributed by atoms with Crippen LogP contribution in [0.15, 0.2) is 48.5 Å². The van der Waals surface area contributed by atoms with E-state index in [1.54, 1.807) is 31.2 Å². The van der Waals surface area contributed by atoms with Crippen LogP contribution in [0.3, 0.4) is 0 Å². The Morgan fingerprint density at radius 1 is 1.14 bits per heavy atom. The van der Waals surface area contributed by atoms with Gasteiger partial charge < -0.3 is 15.1 Å². The minimum atomic E-state index is -1.18. The molecular weight excluding hydrogens is 379 g/mol. The van der Waals surface area contributed by atoms with Gasteiger partial charge >= 0.3 is 6.03 Å². The minimum Gasteiger partial charge on any atom is -0.331 e. The van der Waals surface area contributed by atoms with E-state index in [0.29, 0.717) is 13.0 Å². The summed E-state index contributed by atoms with van der Waals surface area (Å²) in [6.45, 7) is 2.91. The number of carbonyl (C=O) groups excluding carboxylic acids is 1. The molecule has 0 saturated carbocycles. The van der Waals surface area contributed by atoms with Crippen LogP contribution in [0.1, 0.15) is 30.5 Å². The summed E-state index contributed by atoms with van der Waals surface area (Å²) >= 11 is 0. The minimum absolute atomic E-state index is 0.178. The lowest BCUT2D eigenvalue weighted by atomic mass is 10.0. The number of nitrogens with one attached hydrogen (secondary N) is 1. The fourth-order valence-corrected chi connectivity index (χ4v) is 3.62. The number of hydrogen-bond donors (Lipinski definition) is 1. The Morgan fingerprint density at radius 3 is 2.31 bits per heavy atom. The van der Waals surface area contributed by atoms with Crippen molar-refractivity contribution in [2.24, 2.45) is 0 Å². The molecule has 1 heterocycles. The van der Waals surface area contributed by atoms with E-state index in [-0.39, 0.29) is 30.8 Å². The molecule has 0 spiro atoms. The van der Waals surface area contributed by atoms with E-state index in [4.69, 9.17) is 0 Å². The van der Waals surface area contributed by atoms with E-state index in [1.807, 2.05) is 11.9 Å². The molecule has 1 fully saturated rings. The topological polar surface area (TPSA) is 35.6 Å². The van der Waals surface area contributed by atoms with E-state index in [2.05, 4.69) is 5.32 Å². The third kappa shape index (κ3) is 5.50. The number of hydrogen-bond acceptors (Lipinski definition) is 2. The van der Waals surface area contributed by atoms with Crippen LogP contribution in [0.2, 0.25) is 0 Å². The summed E-state index contributed by atoms with van der Waals surface area (Å²) in [5.41, 5.74) is 1.48. The van der Waals surface area contributed by atoms with Gasteiger partial charge in [0.05, 0.1) is 12.1 Å². The van der Waals surface area contributed by atoms with E-state index >= 15 is 0 Å². The second-order valence-corrected chi connectivity index (χ2v) is 7.61. The Labute approximate surface area is 169 Å². The number of likely N-dealkylation sites (tertiary alicyclic amines) is 1. The third-order valence-electron chi connectivity index (χ3n) is 5.35. The van der Waals surface area contributed by atoms with Crippen molar-refractivity contribution < 1.29 is 18.0 Å². The van der Waals surface area contributed by atoms with Gasteiger partial charge in [-0.2, -0.15) is 0 Å². The highest BCUT2D eigenvalue weighted by molar-refractivity contribution is 5.75. The molecule has 0 unspecified atom stereocenters. The van der Waals surface area contributed by atoms with Crippen molar-refractivity contribution in [1.82, 2.24) is 15.1 Å². The van der Waals surface area contributed by atoms with Crippen molar-refractivity contribution in [2.75, 3.05) is 20.1 Å². The fraction of sp³-hybridized carbons (Fsp3) is 0.409. The molecule has 2 aromatic carbocycles. The Hall–Kier alpha value is -2.54. The zero-order valence-electron chi connectivity index (χ0n) is 16.6. The molecule has 156 valence electrons. The molecule has 1 saturated heterocycles. The first-order valence-electron chi connectivity index (χ1n) is 9.73. The molecule has 2 amide bonds. The van der Waals surface area contributed by atoms with Gasteiger partial charge in [-0.1, -0.05) is 24.3 Å².